The molecule has 1 aromatic carbocycles. The number of hydrogen-bond acceptors (Lipinski definition) is 5. The van der Waals surface area contributed by atoms with Crippen molar-refractivity contribution in [1.82, 2.24) is 4.98 Å². The molecule has 0 fully saturated rings. The van der Waals surface area contributed by atoms with Crippen molar-refractivity contribution in [3.05, 3.63) is 33.7 Å². The summed E-state index contributed by atoms with van der Waals surface area (Å²) in [6.45, 7) is 7.12. The van der Waals surface area contributed by atoms with Crippen LogP contribution in [0, 0.1) is 20.8 Å². The molecule has 2 aromatic rings. The molecule has 0 saturated heterocycles. The second-order valence-electron chi connectivity index (χ2n) is 5.45. The van der Waals surface area contributed by atoms with Crippen LogP contribution in [-0.2, 0) is 6.54 Å². The van der Waals surface area contributed by atoms with Gasteiger partial charge in [0.1, 0.15) is 0 Å². The number of methoxy groups -OCH3 is 1. The number of aromatic nitrogens is 1. The quantitative estimate of drug-likeness (QED) is 0.913. The minimum absolute atomic E-state index is 0.707. The van der Waals surface area contributed by atoms with Gasteiger partial charge in [-0.05, 0) is 31.9 Å². The second-order valence-corrected chi connectivity index (χ2v) is 6.51. The normalized spacial score (nSPS) is 10.6. The van der Waals surface area contributed by atoms with Crippen LogP contribution < -0.4 is 15.0 Å². The van der Waals surface area contributed by atoms with Gasteiger partial charge in [-0.15, -0.1) is 0 Å². The number of thiazole rings is 1. The predicted octanol–water partition coefficient (Wildman–Crippen LogP) is 3.76. The fourth-order valence-electron chi connectivity index (χ4n) is 2.42. The number of ether oxygens (including phenoxy) is 1. The Labute approximate surface area is 130 Å². The van der Waals surface area contributed by atoms with Crippen LogP contribution in [0.4, 0.5) is 10.8 Å². The number of nitrogens with zero attached hydrogens (tertiary/aromatic N) is 2. The Morgan fingerprint density at radius 2 is 1.81 bits per heavy atom. The van der Waals surface area contributed by atoms with Crippen LogP contribution in [0.25, 0.3) is 0 Å². The van der Waals surface area contributed by atoms with Crippen LogP contribution in [0.15, 0.2) is 12.1 Å². The molecule has 0 spiro atoms. The average Bonchev–Trinajstić information content (AvgIpc) is 2.81. The zero-order valence-electron chi connectivity index (χ0n) is 13.6. The van der Waals surface area contributed by atoms with Crippen molar-refractivity contribution in [1.29, 1.82) is 0 Å². The van der Waals surface area contributed by atoms with Gasteiger partial charge in [-0.3, -0.25) is 0 Å². The Kier molecular flexibility index (Phi) is 4.73. The van der Waals surface area contributed by atoms with E-state index in [0.717, 1.165) is 16.6 Å². The molecule has 0 aliphatic rings. The van der Waals surface area contributed by atoms with E-state index < -0.39 is 0 Å². The Morgan fingerprint density at radius 1 is 1.19 bits per heavy atom. The van der Waals surface area contributed by atoms with Crippen LogP contribution >= 0.6 is 11.3 Å². The molecule has 0 aliphatic carbocycles. The number of benzene rings is 1. The lowest BCUT2D eigenvalue weighted by molar-refractivity contribution is 0.397. The Morgan fingerprint density at radius 3 is 2.33 bits per heavy atom. The van der Waals surface area contributed by atoms with E-state index in [9.17, 15) is 0 Å². The number of hydrogen-bond donors (Lipinski definition) is 1. The molecule has 0 saturated carbocycles. The molecule has 1 N–H and O–H groups in total. The van der Waals surface area contributed by atoms with Crippen molar-refractivity contribution >= 4 is 22.2 Å². The third kappa shape index (κ3) is 3.47. The Bertz CT molecular complexity index is 611. The van der Waals surface area contributed by atoms with Gasteiger partial charge in [0.15, 0.2) is 5.13 Å². The van der Waals surface area contributed by atoms with E-state index >= 15 is 0 Å². The van der Waals surface area contributed by atoms with Crippen LogP contribution in [0.2, 0.25) is 0 Å². The smallest absolute Gasteiger partial charge is 0.231 e. The maximum atomic E-state index is 5.38. The molecule has 1 heterocycles. The van der Waals surface area contributed by atoms with Crippen molar-refractivity contribution in [2.75, 3.05) is 31.4 Å². The molecule has 0 atom stereocenters. The van der Waals surface area contributed by atoms with Gasteiger partial charge in [-0.2, -0.15) is 4.98 Å². The van der Waals surface area contributed by atoms with E-state index in [1.165, 1.54) is 22.4 Å². The topological polar surface area (TPSA) is 37.4 Å². The lowest BCUT2D eigenvalue weighted by Gasteiger charge is -2.13. The molecular formula is C16H23N3OS. The highest BCUT2D eigenvalue weighted by Gasteiger charge is 2.13. The zero-order chi connectivity index (χ0) is 15.6. The van der Waals surface area contributed by atoms with Gasteiger partial charge in [-0.1, -0.05) is 29.0 Å². The molecule has 0 amide bonds. The molecule has 0 radical (unpaired) electrons. The third-order valence-electron chi connectivity index (χ3n) is 3.33. The summed E-state index contributed by atoms with van der Waals surface area (Å²) in [6.07, 6.45) is 0. The largest absolute Gasteiger partial charge is 0.480 e. The van der Waals surface area contributed by atoms with Gasteiger partial charge < -0.3 is 15.0 Å². The van der Waals surface area contributed by atoms with Crippen LogP contribution in [0.5, 0.6) is 5.88 Å². The van der Waals surface area contributed by atoms with Gasteiger partial charge in [0.2, 0.25) is 5.88 Å². The molecule has 114 valence electrons. The van der Waals surface area contributed by atoms with Crippen LogP contribution in [0.1, 0.15) is 21.6 Å². The average molecular weight is 305 g/mol. The minimum atomic E-state index is 0.707. The summed E-state index contributed by atoms with van der Waals surface area (Å²) < 4.78 is 5.38. The molecule has 0 bridgehead atoms. The number of rotatable bonds is 5. The first-order valence-electron chi connectivity index (χ1n) is 6.95. The monoisotopic (exact) mass is 305 g/mol. The van der Waals surface area contributed by atoms with Gasteiger partial charge >= 0.3 is 0 Å². The summed E-state index contributed by atoms with van der Waals surface area (Å²) in [5.74, 6) is 0.707. The zero-order valence-corrected chi connectivity index (χ0v) is 14.4. The van der Waals surface area contributed by atoms with Crippen molar-refractivity contribution in [3.8, 4) is 5.88 Å². The molecule has 0 aliphatic heterocycles. The summed E-state index contributed by atoms with van der Waals surface area (Å²) >= 11 is 1.65. The fraction of sp³-hybridized carbons (Fsp3) is 0.438. The van der Waals surface area contributed by atoms with Gasteiger partial charge in [-0.25, -0.2) is 0 Å². The fourth-order valence-corrected chi connectivity index (χ4v) is 3.31. The molecular weight excluding hydrogens is 282 g/mol. The second kappa shape index (κ2) is 6.35. The Hall–Kier alpha value is -1.75. The van der Waals surface area contributed by atoms with E-state index in [1.807, 2.05) is 19.0 Å². The molecule has 0 unspecified atom stereocenters. The van der Waals surface area contributed by atoms with Gasteiger partial charge in [0.25, 0.3) is 0 Å². The summed E-state index contributed by atoms with van der Waals surface area (Å²) in [5, 5.41) is 4.48. The first-order chi connectivity index (χ1) is 9.92. The van der Waals surface area contributed by atoms with E-state index in [0.29, 0.717) is 5.88 Å². The first kappa shape index (κ1) is 15.6. The lowest BCUT2D eigenvalue weighted by Crippen LogP contribution is -2.07. The minimum Gasteiger partial charge on any atom is -0.480 e. The van der Waals surface area contributed by atoms with Crippen LogP contribution in [0.3, 0.4) is 0 Å². The van der Waals surface area contributed by atoms with E-state index in [4.69, 9.17) is 4.74 Å². The molecule has 1 aromatic heterocycles. The first-order valence-corrected chi connectivity index (χ1v) is 7.76. The number of nitrogens with one attached hydrogen (secondary N) is 1. The highest BCUT2D eigenvalue weighted by atomic mass is 32.1. The van der Waals surface area contributed by atoms with Gasteiger partial charge in [0.05, 0.1) is 18.5 Å². The molecule has 2 rings (SSSR count). The predicted molar refractivity (Wildman–Crippen MR) is 91.0 cm³/mol. The van der Waals surface area contributed by atoms with Crippen molar-refractivity contribution in [2.24, 2.45) is 0 Å². The molecule has 4 nitrogen and oxygen atoms in total. The van der Waals surface area contributed by atoms with E-state index in [-0.39, 0.29) is 0 Å². The molecule has 21 heavy (non-hydrogen) atoms. The summed E-state index contributed by atoms with van der Waals surface area (Å²) in [7, 11) is 5.65. The van der Waals surface area contributed by atoms with E-state index in [2.05, 4.69) is 43.2 Å². The highest BCUT2D eigenvalue weighted by molar-refractivity contribution is 7.15. The highest BCUT2D eigenvalue weighted by Crippen LogP contribution is 2.32. The number of aryl methyl sites for hydroxylation is 3. The van der Waals surface area contributed by atoms with Crippen molar-refractivity contribution in [2.45, 2.75) is 27.3 Å². The standard InChI is InChI=1S/C16H23N3OS/c1-10-7-11(2)14(12(3)8-10)17-9-13-15(20-6)18-16(21-13)19(4)5/h7-8,17H,9H2,1-6H3. The van der Waals surface area contributed by atoms with E-state index in [1.54, 1.807) is 18.4 Å². The van der Waals surface area contributed by atoms with Crippen molar-refractivity contribution < 1.29 is 4.74 Å². The lowest BCUT2D eigenvalue weighted by atomic mass is 10.1. The number of anilines is 2. The maximum absolute atomic E-state index is 5.38. The Balaban J connectivity index is 2.20. The summed E-state index contributed by atoms with van der Waals surface area (Å²) in [6, 6.07) is 4.40. The third-order valence-corrected chi connectivity index (χ3v) is 4.53. The van der Waals surface area contributed by atoms with Crippen LogP contribution in [-0.4, -0.2) is 26.2 Å². The summed E-state index contributed by atoms with van der Waals surface area (Å²) in [4.78, 5) is 7.59. The van der Waals surface area contributed by atoms with Gasteiger partial charge in [0, 0.05) is 19.8 Å². The molecule has 5 heteroatoms. The summed E-state index contributed by atoms with van der Waals surface area (Å²) in [5.41, 5.74) is 5.02. The van der Waals surface area contributed by atoms with Crippen molar-refractivity contribution in [3.63, 3.8) is 0 Å². The SMILES string of the molecule is COc1nc(N(C)C)sc1CNc1c(C)cc(C)cc1C. The maximum Gasteiger partial charge on any atom is 0.231 e.